The van der Waals surface area contributed by atoms with Gasteiger partial charge in [-0.05, 0) is 27.7 Å². The number of carbonyl (C=O) groups is 3. The summed E-state index contributed by atoms with van der Waals surface area (Å²) < 4.78 is 4.65. The molecule has 0 aliphatic carbocycles. The Hall–Kier alpha value is -1.39. The Kier molecular flexibility index (Phi) is 5.59. The van der Waals surface area contributed by atoms with E-state index in [0.717, 1.165) is 0 Å². The van der Waals surface area contributed by atoms with Crippen molar-refractivity contribution in [2.45, 2.75) is 33.7 Å². The molecule has 0 unspecified atom stereocenters. The highest BCUT2D eigenvalue weighted by Crippen LogP contribution is 2.07. The van der Waals surface area contributed by atoms with Crippen molar-refractivity contribution in [3.63, 3.8) is 0 Å². The SMILES string of the molecule is CCOC(=O)N[C@H](C)C(C(C)=O)C(C)=O. The van der Waals surface area contributed by atoms with Crippen LogP contribution in [-0.2, 0) is 14.3 Å². The molecule has 0 aromatic carbocycles. The predicted molar refractivity (Wildman–Crippen MR) is 54.5 cm³/mol. The van der Waals surface area contributed by atoms with Gasteiger partial charge in [0, 0.05) is 6.04 Å². The predicted octanol–water partition coefficient (Wildman–Crippen LogP) is 0.915. The molecule has 1 N–H and O–H groups in total. The molecule has 0 heterocycles. The van der Waals surface area contributed by atoms with Crippen molar-refractivity contribution in [1.29, 1.82) is 0 Å². The van der Waals surface area contributed by atoms with Gasteiger partial charge in [0.05, 0.1) is 12.5 Å². The fourth-order valence-corrected chi connectivity index (χ4v) is 1.43. The molecule has 0 aliphatic heterocycles. The molecule has 1 amide bonds. The van der Waals surface area contributed by atoms with Crippen LogP contribution in [0.5, 0.6) is 0 Å². The first kappa shape index (κ1) is 13.6. The third-order valence-electron chi connectivity index (χ3n) is 2.00. The van der Waals surface area contributed by atoms with Gasteiger partial charge in [-0.1, -0.05) is 0 Å². The summed E-state index contributed by atoms with van der Waals surface area (Å²) in [5.41, 5.74) is 0. The Morgan fingerprint density at radius 2 is 1.67 bits per heavy atom. The molecule has 0 saturated carbocycles. The minimum atomic E-state index is -0.797. The zero-order valence-electron chi connectivity index (χ0n) is 9.49. The number of alkyl carbamates (subject to hydrolysis) is 1. The van der Waals surface area contributed by atoms with Gasteiger partial charge in [-0.2, -0.15) is 0 Å². The second-order valence-corrected chi connectivity index (χ2v) is 3.35. The number of rotatable bonds is 5. The van der Waals surface area contributed by atoms with Crippen molar-refractivity contribution in [3.05, 3.63) is 0 Å². The Labute approximate surface area is 89.2 Å². The van der Waals surface area contributed by atoms with E-state index in [4.69, 9.17) is 0 Å². The van der Waals surface area contributed by atoms with Crippen molar-refractivity contribution in [3.8, 4) is 0 Å². The van der Waals surface area contributed by atoms with Crippen molar-refractivity contribution in [2.75, 3.05) is 6.61 Å². The van der Waals surface area contributed by atoms with Crippen LogP contribution in [0.25, 0.3) is 0 Å². The lowest BCUT2D eigenvalue weighted by molar-refractivity contribution is -0.131. The highest BCUT2D eigenvalue weighted by molar-refractivity contribution is 6.01. The normalized spacial score (nSPS) is 12.1. The van der Waals surface area contributed by atoms with Crippen LogP contribution in [0.2, 0.25) is 0 Å². The third-order valence-corrected chi connectivity index (χ3v) is 2.00. The van der Waals surface area contributed by atoms with E-state index in [9.17, 15) is 14.4 Å². The number of carbonyl (C=O) groups excluding carboxylic acids is 3. The molecular weight excluding hydrogens is 198 g/mol. The molecule has 0 aliphatic rings. The van der Waals surface area contributed by atoms with E-state index in [-0.39, 0.29) is 18.2 Å². The quantitative estimate of drug-likeness (QED) is 0.692. The highest BCUT2D eigenvalue weighted by atomic mass is 16.5. The van der Waals surface area contributed by atoms with Crippen molar-refractivity contribution < 1.29 is 19.1 Å². The number of nitrogens with one attached hydrogen (secondary N) is 1. The van der Waals surface area contributed by atoms with E-state index in [1.807, 2.05) is 0 Å². The standard InChI is InChI=1S/C10H17NO4/c1-5-15-10(14)11-6(2)9(7(3)12)8(4)13/h6,9H,5H2,1-4H3,(H,11,14)/t6-/m1/s1. The van der Waals surface area contributed by atoms with E-state index >= 15 is 0 Å². The molecule has 0 aromatic rings. The molecule has 0 saturated heterocycles. The van der Waals surface area contributed by atoms with E-state index in [1.54, 1.807) is 13.8 Å². The summed E-state index contributed by atoms with van der Waals surface area (Å²) in [5.74, 6) is -1.31. The molecule has 86 valence electrons. The minimum Gasteiger partial charge on any atom is -0.450 e. The van der Waals surface area contributed by atoms with Crippen molar-refractivity contribution in [1.82, 2.24) is 5.32 Å². The molecular formula is C10H17NO4. The summed E-state index contributed by atoms with van der Waals surface area (Å²) in [7, 11) is 0. The number of Topliss-reactive ketones (excluding diaryl/α,β-unsaturated/α-hetero) is 2. The summed E-state index contributed by atoms with van der Waals surface area (Å²) in [6, 6.07) is -0.543. The zero-order valence-corrected chi connectivity index (χ0v) is 9.49. The molecule has 0 bridgehead atoms. The molecule has 15 heavy (non-hydrogen) atoms. The lowest BCUT2D eigenvalue weighted by Gasteiger charge is -2.19. The van der Waals surface area contributed by atoms with Gasteiger partial charge in [-0.25, -0.2) is 4.79 Å². The lowest BCUT2D eigenvalue weighted by Crippen LogP contribution is -2.43. The smallest absolute Gasteiger partial charge is 0.407 e. The summed E-state index contributed by atoms with van der Waals surface area (Å²) >= 11 is 0. The van der Waals surface area contributed by atoms with Gasteiger partial charge in [-0.3, -0.25) is 9.59 Å². The van der Waals surface area contributed by atoms with Crippen LogP contribution in [0.15, 0.2) is 0 Å². The average molecular weight is 215 g/mol. The molecule has 0 spiro atoms. The topological polar surface area (TPSA) is 72.5 Å². The van der Waals surface area contributed by atoms with Crippen LogP contribution in [0.3, 0.4) is 0 Å². The highest BCUT2D eigenvalue weighted by Gasteiger charge is 2.27. The van der Waals surface area contributed by atoms with Gasteiger partial charge in [0.25, 0.3) is 0 Å². The summed E-state index contributed by atoms with van der Waals surface area (Å²) in [6.45, 7) is 6.19. The van der Waals surface area contributed by atoms with Gasteiger partial charge < -0.3 is 10.1 Å². The van der Waals surface area contributed by atoms with Crippen LogP contribution in [0.4, 0.5) is 4.79 Å². The first-order valence-electron chi connectivity index (χ1n) is 4.84. The fourth-order valence-electron chi connectivity index (χ4n) is 1.43. The molecule has 1 atom stereocenters. The number of amides is 1. The first-order valence-corrected chi connectivity index (χ1v) is 4.84. The van der Waals surface area contributed by atoms with Crippen LogP contribution < -0.4 is 5.32 Å². The van der Waals surface area contributed by atoms with Crippen LogP contribution in [-0.4, -0.2) is 30.3 Å². The lowest BCUT2D eigenvalue weighted by atomic mass is 9.93. The molecule has 0 aromatic heterocycles. The maximum absolute atomic E-state index is 11.2. The Morgan fingerprint density at radius 1 is 1.20 bits per heavy atom. The van der Waals surface area contributed by atoms with Crippen LogP contribution in [0.1, 0.15) is 27.7 Å². The Bertz CT molecular complexity index is 248. The van der Waals surface area contributed by atoms with Gasteiger partial charge in [0.2, 0.25) is 0 Å². The largest absolute Gasteiger partial charge is 0.450 e. The Morgan fingerprint density at radius 3 is 2.00 bits per heavy atom. The summed E-state index contributed by atoms with van der Waals surface area (Å²) in [4.78, 5) is 33.4. The maximum Gasteiger partial charge on any atom is 0.407 e. The first-order chi connectivity index (χ1) is 6.90. The van der Waals surface area contributed by atoms with Crippen LogP contribution in [0, 0.1) is 5.92 Å². The third kappa shape index (κ3) is 4.58. The summed E-state index contributed by atoms with van der Waals surface area (Å²) in [6.07, 6.45) is -0.613. The minimum absolute atomic E-state index is 0.253. The van der Waals surface area contributed by atoms with Gasteiger partial charge in [0.1, 0.15) is 11.6 Å². The maximum atomic E-state index is 11.2. The second kappa shape index (κ2) is 6.16. The monoisotopic (exact) mass is 215 g/mol. The molecule has 5 heteroatoms. The molecule has 5 nitrogen and oxygen atoms in total. The van der Waals surface area contributed by atoms with Gasteiger partial charge in [0.15, 0.2) is 0 Å². The fraction of sp³-hybridized carbons (Fsp3) is 0.700. The van der Waals surface area contributed by atoms with E-state index in [2.05, 4.69) is 10.1 Å². The van der Waals surface area contributed by atoms with E-state index < -0.39 is 18.1 Å². The van der Waals surface area contributed by atoms with E-state index in [1.165, 1.54) is 13.8 Å². The van der Waals surface area contributed by atoms with Crippen molar-refractivity contribution in [2.24, 2.45) is 5.92 Å². The number of ketones is 2. The van der Waals surface area contributed by atoms with E-state index in [0.29, 0.717) is 0 Å². The van der Waals surface area contributed by atoms with Crippen LogP contribution >= 0.6 is 0 Å². The Balaban J connectivity index is 4.39. The number of hydrogen-bond donors (Lipinski definition) is 1. The summed E-state index contributed by atoms with van der Waals surface area (Å²) in [5, 5.41) is 2.44. The number of ether oxygens (including phenoxy) is 1. The molecule has 0 rings (SSSR count). The van der Waals surface area contributed by atoms with Gasteiger partial charge >= 0.3 is 6.09 Å². The average Bonchev–Trinajstić information content (AvgIpc) is 2.01. The van der Waals surface area contributed by atoms with Crippen molar-refractivity contribution >= 4 is 17.7 Å². The second-order valence-electron chi connectivity index (χ2n) is 3.35. The zero-order chi connectivity index (χ0) is 12.0. The van der Waals surface area contributed by atoms with Gasteiger partial charge in [-0.15, -0.1) is 0 Å². The number of hydrogen-bond acceptors (Lipinski definition) is 4. The molecule has 0 fully saturated rings. The molecule has 0 radical (unpaired) electrons.